The minimum absolute atomic E-state index is 0.0987. The van der Waals surface area contributed by atoms with Crippen molar-refractivity contribution in [1.82, 2.24) is 10.3 Å². The van der Waals surface area contributed by atoms with Crippen LogP contribution in [0.4, 0.5) is 11.5 Å². The van der Waals surface area contributed by atoms with Crippen LogP contribution in [0.1, 0.15) is 48.8 Å². The number of thiocarbonyl (C=S) groups is 1. The molecule has 3 aromatic rings. The normalized spacial score (nSPS) is 16.8. The molecule has 1 aliphatic heterocycles. The molecule has 0 saturated heterocycles. The lowest BCUT2D eigenvalue weighted by atomic mass is 9.69. The summed E-state index contributed by atoms with van der Waals surface area (Å²) in [7, 11) is 0. The van der Waals surface area contributed by atoms with Crippen molar-refractivity contribution in [2.45, 2.75) is 50.6 Å². The molecule has 2 N–H and O–H groups in total. The molecule has 0 amide bonds. The second-order valence-electron chi connectivity index (χ2n) is 9.19. The summed E-state index contributed by atoms with van der Waals surface area (Å²) < 4.78 is 0. The molecule has 1 aromatic heterocycles. The zero-order valence-electron chi connectivity index (χ0n) is 18.7. The minimum atomic E-state index is 0.0987. The number of hydrogen-bond acceptors (Lipinski definition) is 3. The van der Waals surface area contributed by atoms with Crippen molar-refractivity contribution in [3.8, 4) is 0 Å². The van der Waals surface area contributed by atoms with Crippen molar-refractivity contribution >= 4 is 40.4 Å². The maximum absolute atomic E-state index is 6.13. The van der Waals surface area contributed by atoms with Crippen molar-refractivity contribution in [1.29, 1.82) is 0 Å². The van der Waals surface area contributed by atoms with Gasteiger partial charge in [-0.05, 0) is 66.0 Å². The zero-order valence-corrected chi connectivity index (χ0v) is 20.3. The molecule has 2 heterocycles. The summed E-state index contributed by atoms with van der Waals surface area (Å²) in [6, 6.07) is 21.0. The van der Waals surface area contributed by atoms with Crippen molar-refractivity contribution < 1.29 is 0 Å². The molecule has 0 spiro atoms. The lowest BCUT2D eigenvalue weighted by molar-refractivity contribution is 0.292. The Morgan fingerprint density at radius 2 is 1.64 bits per heavy atom. The number of pyridine rings is 1. The Morgan fingerprint density at radius 3 is 2.27 bits per heavy atom. The summed E-state index contributed by atoms with van der Waals surface area (Å²) in [5.74, 6) is 0.986. The van der Waals surface area contributed by atoms with Gasteiger partial charge >= 0.3 is 0 Å². The van der Waals surface area contributed by atoms with Gasteiger partial charge in [0.05, 0.1) is 11.9 Å². The van der Waals surface area contributed by atoms with Crippen LogP contribution < -0.4 is 15.5 Å². The van der Waals surface area contributed by atoms with Gasteiger partial charge in [-0.15, -0.1) is 0 Å². The maximum atomic E-state index is 6.13. The highest BCUT2D eigenvalue weighted by Gasteiger charge is 2.34. The quantitative estimate of drug-likeness (QED) is 0.414. The maximum Gasteiger partial charge on any atom is 0.170 e. The van der Waals surface area contributed by atoms with Gasteiger partial charge in [-0.1, -0.05) is 67.3 Å². The molecule has 6 heteroatoms. The van der Waals surface area contributed by atoms with Gasteiger partial charge in [0, 0.05) is 30.1 Å². The van der Waals surface area contributed by atoms with Crippen molar-refractivity contribution in [2.24, 2.45) is 0 Å². The minimum Gasteiger partial charge on any atom is -0.362 e. The van der Waals surface area contributed by atoms with Crippen molar-refractivity contribution in [3.63, 3.8) is 0 Å². The number of nitrogens with zero attached hydrogens (tertiary/aromatic N) is 2. The fourth-order valence-corrected chi connectivity index (χ4v) is 5.48. The predicted octanol–water partition coefficient (Wildman–Crippen LogP) is 6.44. The lowest BCUT2D eigenvalue weighted by Gasteiger charge is -2.38. The summed E-state index contributed by atoms with van der Waals surface area (Å²) in [5.41, 5.74) is 5.10. The average Bonchev–Trinajstić information content (AvgIpc) is 3.29. The van der Waals surface area contributed by atoms with Crippen molar-refractivity contribution in [3.05, 3.63) is 88.6 Å². The van der Waals surface area contributed by atoms with E-state index in [4.69, 9.17) is 23.8 Å². The van der Waals surface area contributed by atoms with Gasteiger partial charge in [0.1, 0.15) is 5.82 Å². The van der Waals surface area contributed by atoms with Crippen LogP contribution in [0.5, 0.6) is 0 Å². The van der Waals surface area contributed by atoms with Gasteiger partial charge < -0.3 is 15.5 Å². The molecule has 1 aliphatic carbocycles. The third-order valence-corrected chi connectivity index (χ3v) is 7.52. The van der Waals surface area contributed by atoms with E-state index in [9.17, 15) is 0 Å². The van der Waals surface area contributed by atoms with Gasteiger partial charge in [0.25, 0.3) is 0 Å². The second kappa shape index (κ2) is 9.70. The molecule has 4 nitrogen and oxygen atoms in total. The van der Waals surface area contributed by atoms with Gasteiger partial charge in [0.2, 0.25) is 0 Å². The van der Waals surface area contributed by atoms with E-state index in [1.54, 1.807) is 0 Å². The van der Waals surface area contributed by atoms with Crippen LogP contribution in [0.15, 0.2) is 66.9 Å². The van der Waals surface area contributed by atoms with Gasteiger partial charge in [-0.25, -0.2) is 4.98 Å². The summed E-state index contributed by atoms with van der Waals surface area (Å²) >= 11 is 11.8. The molecular weight excluding hydrogens is 448 g/mol. The first kappa shape index (κ1) is 22.2. The monoisotopic (exact) mass is 476 g/mol. The Kier molecular flexibility index (Phi) is 6.52. The molecule has 33 heavy (non-hydrogen) atoms. The standard InChI is InChI=1S/C27H29ClN4S/c28-23-10-8-22(9-11-23)27(14-4-1-5-15-27)19-30-26(33)31-24-12-13-25(29-16-24)32-17-20-6-2-3-7-21(20)18-32/h2-3,6-13,16H,1,4-5,14-15,17-19H2,(H2,30,31,33). The van der Waals surface area contributed by atoms with Crippen LogP contribution in [0.2, 0.25) is 5.02 Å². The van der Waals surface area contributed by atoms with E-state index in [1.165, 1.54) is 48.8 Å². The SMILES string of the molecule is S=C(NCC1(c2ccc(Cl)cc2)CCCCC1)Nc1ccc(N2Cc3ccccc3C2)nc1. The number of nitrogens with one attached hydrogen (secondary N) is 2. The van der Waals surface area contributed by atoms with Crippen LogP contribution in [-0.4, -0.2) is 16.6 Å². The lowest BCUT2D eigenvalue weighted by Crippen LogP contribution is -2.43. The number of anilines is 2. The largest absolute Gasteiger partial charge is 0.362 e. The summed E-state index contributed by atoms with van der Waals surface area (Å²) in [6.45, 7) is 2.63. The van der Waals surface area contributed by atoms with Gasteiger partial charge in [-0.3, -0.25) is 0 Å². The van der Waals surface area contributed by atoms with E-state index in [1.807, 2.05) is 18.3 Å². The Morgan fingerprint density at radius 1 is 0.939 bits per heavy atom. The topological polar surface area (TPSA) is 40.2 Å². The molecule has 0 bridgehead atoms. The highest BCUT2D eigenvalue weighted by Crippen LogP contribution is 2.39. The number of fused-ring (bicyclic) bond motifs is 1. The summed E-state index contributed by atoms with van der Waals surface area (Å²) in [4.78, 5) is 6.98. The first-order valence-corrected chi connectivity index (χ1v) is 12.5. The Labute approximate surface area is 206 Å². The van der Waals surface area contributed by atoms with E-state index in [2.05, 4.69) is 69.0 Å². The average molecular weight is 477 g/mol. The third kappa shape index (κ3) is 4.99. The fraction of sp³-hybridized carbons (Fsp3) is 0.333. The molecule has 0 radical (unpaired) electrons. The Hall–Kier alpha value is -2.63. The van der Waals surface area contributed by atoms with E-state index < -0.39 is 0 Å². The van der Waals surface area contributed by atoms with E-state index >= 15 is 0 Å². The number of aromatic nitrogens is 1. The summed E-state index contributed by atoms with van der Waals surface area (Å²) in [5, 5.41) is 8.22. The van der Waals surface area contributed by atoms with E-state index in [0.29, 0.717) is 5.11 Å². The first-order valence-electron chi connectivity index (χ1n) is 11.7. The second-order valence-corrected chi connectivity index (χ2v) is 10.0. The fourth-order valence-electron chi connectivity index (χ4n) is 5.17. The third-order valence-electron chi connectivity index (χ3n) is 7.03. The Balaban J connectivity index is 1.19. The van der Waals surface area contributed by atoms with Crippen LogP contribution in [0.3, 0.4) is 0 Å². The smallest absolute Gasteiger partial charge is 0.170 e. The van der Waals surface area contributed by atoms with E-state index in [-0.39, 0.29) is 5.41 Å². The van der Waals surface area contributed by atoms with Crippen LogP contribution in [-0.2, 0) is 18.5 Å². The number of hydrogen-bond donors (Lipinski definition) is 2. The number of benzene rings is 2. The van der Waals surface area contributed by atoms with Crippen molar-refractivity contribution in [2.75, 3.05) is 16.8 Å². The highest BCUT2D eigenvalue weighted by molar-refractivity contribution is 7.80. The first-order chi connectivity index (χ1) is 16.1. The van der Waals surface area contributed by atoms with Gasteiger partial charge in [-0.2, -0.15) is 0 Å². The van der Waals surface area contributed by atoms with Crippen LogP contribution >= 0.6 is 23.8 Å². The summed E-state index contributed by atoms with van der Waals surface area (Å²) in [6.07, 6.45) is 7.99. The molecule has 2 aliphatic rings. The predicted molar refractivity (Wildman–Crippen MR) is 141 cm³/mol. The molecular formula is C27H29ClN4S. The zero-order chi connectivity index (χ0) is 22.7. The molecule has 1 fully saturated rings. The number of rotatable bonds is 5. The molecule has 2 aromatic carbocycles. The molecule has 1 saturated carbocycles. The highest BCUT2D eigenvalue weighted by atomic mass is 35.5. The molecule has 5 rings (SSSR count). The van der Waals surface area contributed by atoms with E-state index in [0.717, 1.165) is 36.2 Å². The number of halogens is 1. The molecule has 0 unspecified atom stereocenters. The van der Waals surface area contributed by atoms with Gasteiger partial charge in [0.15, 0.2) is 5.11 Å². The molecule has 0 atom stereocenters. The molecule has 170 valence electrons. The van der Waals surface area contributed by atoms with Crippen LogP contribution in [0.25, 0.3) is 0 Å². The Bertz CT molecular complexity index is 1080. The van der Waals surface area contributed by atoms with Crippen LogP contribution in [0, 0.1) is 0 Å².